The molecule has 0 spiro atoms. The Morgan fingerprint density at radius 1 is 1.19 bits per heavy atom. The maximum absolute atomic E-state index is 12.1. The molecule has 6 heteroatoms. The fourth-order valence-corrected chi connectivity index (χ4v) is 3.85. The van der Waals surface area contributed by atoms with Gasteiger partial charge in [-0.3, -0.25) is 19.6 Å². The number of carboxylic acids is 1. The average molecular weight is 369 g/mol. The lowest BCUT2D eigenvalue weighted by atomic mass is 9.94. The Kier molecular flexibility index (Phi) is 6.08. The number of aliphatic carboxylic acids is 1. The number of hydrogen-bond donors (Lipinski definition) is 1. The average Bonchev–Trinajstić information content (AvgIpc) is 2.66. The molecule has 0 radical (unpaired) electrons. The predicted octanol–water partition coefficient (Wildman–Crippen LogP) is 2.65. The molecule has 0 aliphatic carbocycles. The van der Waals surface area contributed by atoms with Gasteiger partial charge in [0.1, 0.15) is 11.8 Å². The maximum atomic E-state index is 12.1. The lowest BCUT2D eigenvalue weighted by molar-refractivity contribution is -0.144. The zero-order valence-corrected chi connectivity index (χ0v) is 16.2. The van der Waals surface area contributed by atoms with E-state index in [2.05, 4.69) is 14.8 Å². The van der Waals surface area contributed by atoms with E-state index in [1.165, 1.54) is 0 Å². The number of carboxylic acid groups (broad SMARTS) is 1. The van der Waals surface area contributed by atoms with Crippen molar-refractivity contribution in [3.05, 3.63) is 58.9 Å². The highest BCUT2D eigenvalue weighted by Gasteiger charge is 2.32. The van der Waals surface area contributed by atoms with Crippen molar-refractivity contribution in [3.8, 4) is 5.75 Å². The molecule has 1 N–H and O–H groups in total. The second kappa shape index (κ2) is 8.50. The summed E-state index contributed by atoms with van der Waals surface area (Å²) in [7, 11) is 1.63. The van der Waals surface area contributed by atoms with E-state index in [4.69, 9.17) is 4.74 Å². The first-order valence-corrected chi connectivity index (χ1v) is 9.24. The Morgan fingerprint density at radius 2 is 1.85 bits per heavy atom. The summed E-state index contributed by atoms with van der Waals surface area (Å²) in [4.78, 5) is 20.9. The minimum atomic E-state index is -0.801. The number of nitrogens with zero attached hydrogens (tertiary/aromatic N) is 3. The number of benzene rings is 1. The molecule has 1 atom stereocenters. The van der Waals surface area contributed by atoms with Gasteiger partial charge in [-0.05, 0) is 54.8 Å². The zero-order valence-electron chi connectivity index (χ0n) is 16.2. The highest BCUT2D eigenvalue weighted by Crippen LogP contribution is 2.31. The number of rotatable bonds is 6. The molecule has 1 aliphatic rings. The van der Waals surface area contributed by atoms with Crippen molar-refractivity contribution in [2.75, 3.05) is 33.3 Å². The maximum Gasteiger partial charge on any atom is 0.325 e. The summed E-state index contributed by atoms with van der Waals surface area (Å²) in [6, 6.07) is 9.13. The quantitative estimate of drug-likeness (QED) is 0.844. The van der Waals surface area contributed by atoms with Crippen LogP contribution in [0.3, 0.4) is 0 Å². The van der Waals surface area contributed by atoms with E-state index in [9.17, 15) is 9.90 Å². The van der Waals surface area contributed by atoms with Crippen molar-refractivity contribution >= 4 is 5.97 Å². The van der Waals surface area contributed by atoms with Crippen molar-refractivity contribution in [2.45, 2.75) is 26.4 Å². The van der Waals surface area contributed by atoms with Gasteiger partial charge in [0.25, 0.3) is 0 Å². The highest BCUT2D eigenvalue weighted by atomic mass is 16.5. The first-order chi connectivity index (χ1) is 13.0. The van der Waals surface area contributed by atoms with Crippen molar-refractivity contribution in [3.63, 3.8) is 0 Å². The second-order valence-corrected chi connectivity index (χ2v) is 7.05. The molecule has 144 valence electrons. The van der Waals surface area contributed by atoms with E-state index in [-0.39, 0.29) is 0 Å². The molecule has 1 aromatic carbocycles. The molecule has 2 heterocycles. The lowest BCUT2D eigenvalue weighted by Gasteiger charge is -2.38. The van der Waals surface area contributed by atoms with Crippen LogP contribution < -0.4 is 4.74 Å². The van der Waals surface area contributed by atoms with Gasteiger partial charge in [-0.25, -0.2) is 0 Å². The highest BCUT2D eigenvalue weighted by molar-refractivity contribution is 5.77. The van der Waals surface area contributed by atoms with Gasteiger partial charge in [0.2, 0.25) is 0 Å². The largest absolute Gasteiger partial charge is 0.497 e. The molecule has 1 aromatic heterocycles. The van der Waals surface area contributed by atoms with Crippen LogP contribution >= 0.6 is 0 Å². The molecule has 1 unspecified atom stereocenters. The van der Waals surface area contributed by atoms with Crippen LogP contribution in [0.15, 0.2) is 36.5 Å². The van der Waals surface area contributed by atoms with Gasteiger partial charge >= 0.3 is 5.97 Å². The minimum absolute atomic E-state index is 0.632. The van der Waals surface area contributed by atoms with Crippen LogP contribution in [0.1, 0.15) is 28.4 Å². The van der Waals surface area contributed by atoms with Crippen molar-refractivity contribution in [2.24, 2.45) is 0 Å². The summed E-state index contributed by atoms with van der Waals surface area (Å²) in [5.74, 6) is -0.0392. The number of aromatic nitrogens is 1. The summed E-state index contributed by atoms with van der Waals surface area (Å²) >= 11 is 0. The van der Waals surface area contributed by atoms with Gasteiger partial charge in [-0.15, -0.1) is 0 Å². The second-order valence-electron chi connectivity index (χ2n) is 7.05. The molecule has 0 amide bonds. The van der Waals surface area contributed by atoms with E-state index in [0.29, 0.717) is 13.1 Å². The first-order valence-electron chi connectivity index (χ1n) is 9.24. The zero-order chi connectivity index (χ0) is 19.4. The molecule has 1 fully saturated rings. The number of piperazine rings is 1. The number of aryl methyl sites for hydroxylation is 2. The van der Waals surface area contributed by atoms with Crippen LogP contribution in [-0.4, -0.2) is 59.1 Å². The van der Waals surface area contributed by atoms with Crippen LogP contribution in [0.4, 0.5) is 0 Å². The number of pyridine rings is 1. The van der Waals surface area contributed by atoms with Crippen molar-refractivity contribution in [1.82, 2.24) is 14.8 Å². The molecule has 1 aliphatic heterocycles. The summed E-state index contributed by atoms with van der Waals surface area (Å²) in [6.45, 7) is 7.80. The van der Waals surface area contributed by atoms with Gasteiger partial charge in [-0.1, -0.05) is 6.07 Å². The number of hydrogen-bond acceptors (Lipinski definition) is 5. The third-order valence-electron chi connectivity index (χ3n) is 5.19. The van der Waals surface area contributed by atoms with Crippen LogP contribution in [0.2, 0.25) is 0 Å². The molecular formula is C21H27N3O3. The van der Waals surface area contributed by atoms with Gasteiger partial charge < -0.3 is 9.84 Å². The van der Waals surface area contributed by atoms with E-state index in [1.54, 1.807) is 13.3 Å². The number of carbonyl (C=O) groups is 1. The van der Waals surface area contributed by atoms with Crippen LogP contribution in [0.25, 0.3) is 0 Å². The molecule has 3 rings (SSSR count). The predicted molar refractivity (Wildman–Crippen MR) is 104 cm³/mol. The summed E-state index contributed by atoms with van der Waals surface area (Å²) in [6.07, 6.45) is 1.81. The summed E-state index contributed by atoms with van der Waals surface area (Å²) < 4.78 is 5.31. The molecule has 0 bridgehead atoms. The van der Waals surface area contributed by atoms with Gasteiger partial charge in [-0.2, -0.15) is 0 Å². The SMILES string of the molecule is COc1cc(C)c(C(C(=O)O)N2CCN(Cc3ccccn3)CC2)c(C)c1. The van der Waals surface area contributed by atoms with E-state index < -0.39 is 12.0 Å². The van der Waals surface area contributed by atoms with E-state index in [0.717, 1.165) is 47.8 Å². The molecule has 1 saturated heterocycles. The van der Waals surface area contributed by atoms with Crippen molar-refractivity contribution < 1.29 is 14.6 Å². The Morgan fingerprint density at radius 3 is 2.37 bits per heavy atom. The normalized spacial score (nSPS) is 16.9. The van der Waals surface area contributed by atoms with E-state index in [1.807, 2.05) is 44.2 Å². The topological polar surface area (TPSA) is 65.9 Å². The molecule has 27 heavy (non-hydrogen) atoms. The van der Waals surface area contributed by atoms with Crippen molar-refractivity contribution in [1.29, 1.82) is 0 Å². The number of methoxy groups -OCH3 is 1. The van der Waals surface area contributed by atoms with Crippen LogP contribution in [0, 0.1) is 13.8 Å². The fraction of sp³-hybridized carbons (Fsp3) is 0.429. The monoisotopic (exact) mass is 369 g/mol. The number of ether oxygens (including phenoxy) is 1. The fourth-order valence-electron chi connectivity index (χ4n) is 3.85. The smallest absolute Gasteiger partial charge is 0.325 e. The van der Waals surface area contributed by atoms with Crippen LogP contribution in [-0.2, 0) is 11.3 Å². The molecule has 0 saturated carbocycles. The third-order valence-corrected chi connectivity index (χ3v) is 5.19. The lowest BCUT2D eigenvalue weighted by Crippen LogP contribution is -2.49. The Balaban J connectivity index is 1.73. The van der Waals surface area contributed by atoms with E-state index >= 15 is 0 Å². The molecule has 2 aromatic rings. The first kappa shape index (κ1) is 19.3. The Hall–Kier alpha value is -2.44. The van der Waals surface area contributed by atoms with Gasteiger partial charge in [0, 0.05) is 38.9 Å². The Bertz CT molecular complexity index is 764. The summed E-state index contributed by atoms with van der Waals surface area (Å²) in [5.41, 5.74) is 3.83. The van der Waals surface area contributed by atoms with Crippen LogP contribution in [0.5, 0.6) is 5.75 Å². The standard InChI is InChI=1S/C21H27N3O3/c1-15-12-18(27-3)13-16(2)19(15)20(21(25)26)24-10-8-23(9-11-24)14-17-6-4-5-7-22-17/h4-7,12-13,20H,8-11,14H2,1-3H3,(H,25,26). The van der Waals surface area contributed by atoms with Gasteiger partial charge in [0.05, 0.1) is 12.8 Å². The summed E-state index contributed by atoms with van der Waals surface area (Å²) in [5, 5.41) is 9.96. The molecule has 6 nitrogen and oxygen atoms in total. The van der Waals surface area contributed by atoms with Gasteiger partial charge in [0.15, 0.2) is 0 Å². The minimum Gasteiger partial charge on any atom is -0.497 e. The third kappa shape index (κ3) is 4.46. The Labute approximate surface area is 160 Å². The molecular weight excluding hydrogens is 342 g/mol.